The number of para-hydroxylation sites is 2. The smallest absolute Gasteiger partial charge is 0.203 e. The first kappa shape index (κ1) is 32.0. The van der Waals surface area contributed by atoms with Gasteiger partial charge in [-0.2, -0.15) is 0 Å². The Morgan fingerprint density at radius 1 is 0.439 bits per heavy atom. The van der Waals surface area contributed by atoms with E-state index in [9.17, 15) is 0 Å². The topological polar surface area (TPSA) is 43.9 Å². The summed E-state index contributed by atoms with van der Waals surface area (Å²) in [5.41, 5.74) is 10.5. The quantitative estimate of drug-likeness (QED) is 0.165. The predicted octanol–water partition coefficient (Wildman–Crippen LogP) is 10.2. The van der Waals surface area contributed by atoms with Gasteiger partial charge in [-0.3, -0.25) is 0 Å². The highest BCUT2D eigenvalue weighted by Gasteiger charge is 2.51. The molecule has 3 aromatic heterocycles. The number of benzene rings is 8. The van der Waals surface area contributed by atoms with Crippen LogP contribution in [0.2, 0.25) is 0 Å². The van der Waals surface area contributed by atoms with Crippen molar-refractivity contribution < 1.29 is 4.42 Å². The number of aromatic nitrogens is 3. The van der Waals surface area contributed by atoms with E-state index in [0.29, 0.717) is 0 Å². The molecule has 4 heterocycles. The molecule has 0 radical (unpaired) electrons. The summed E-state index contributed by atoms with van der Waals surface area (Å²) in [6.45, 7) is 0. The van der Waals surface area contributed by atoms with Crippen LogP contribution in [0.3, 0.4) is 0 Å². The normalized spacial score (nSPS) is 13.1. The Kier molecular flexibility index (Phi) is 6.91. The number of hydrogen-bond acceptors (Lipinski definition) is 3. The summed E-state index contributed by atoms with van der Waals surface area (Å²) in [6, 6.07) is 71.8. The van der Waals surface area contributed by atoms with Crippen LogP contribution in [0.4, 0.5) is 0 Å². The zero-order chi connectivity index (χ0) is 37.5. The molecule has 0 fully saturated rings. The van der Waals surface area contributed by atoms with E-state index in [1.165, 1.54) is 31.9 Å². The van der Waals surface area contributed by atoms with Crippen molar-refractivity contribution in [3.63, 3.8) is 0 Å². The lowest BCUT2D eigenvalue weighted by Gasteiger charge is -2.30. The molecular weight excluding hydrogens is 711 g/mol. The second-order valence-corrected chi connectivity index (χ2v) is 18.5. The van der Waals surface area contributed by atoms with Gasteiger partial charge in [0, 0.05) is 50.0 Å². The van der Waals surface area contributed by atoms with Gasteiger partial charge in [-0.15, -0.1) is 0 Å². The molecule has 0 saturated carbocycles. The molecule has 0 atom stereocenters. The van der Waals surface area contributed by atoms with Crippen molar-refractivity contribution in [2.24, 2.45) is 0 Å². The Bertz CT molecular complexity index is 3300. The van der Waals surface area contributed by atoms with Crippen molar-refractivity contribution in [3.8, 4) is 39.5 Å². The standard InChI is InChI=1S/C52H33N3OSi/c1-4-16-34(17-5-1)50-49-41-24-12-15-27-48(41)57(37-18-6-2-7-19-37,38-20-8-3-9-21-38)52(49)54-51(53-50)35-28-30-36(31-29-35)55-44-25-13-10-22-39(44)42-32-43-40-23-11-14-26-46(40)56-47(43)33-45(42)55/h1-33H. The van der Waals surface area contributed by atoms with Crippen molar-refractivity contribution in [2.45, 2.75) is 0 Å². The minimum atomic E-state index is -2.87. The highest BCUT2D eigenvalue weighted by atomic mass is 28.3. The van der Waals surface area contributed by atoms with Crippen molar-refractivity contribution in [2.75, 3.05) is 0 Å². The van der Waals surface area contributed by atoms with E-state index in [0.717, 1.165) is 72.2 Å². The summed E-state index contributed by atoms with van der Waals surface area (Å²) in [5.74, 6) is 0.724. The Balaban J connectivity index is 1.09. The van der Waals surface area contributed by atoms with Crippen molar-refractivity contribution in [3.05, 3.63) is 200 Å². The largest absolute Gasteiger partial charge is 0.456 e. The fourth-order valence-corrected chi connectivity index (χ4v) is 14.4. The fraction of sp³-hybridized carbons (Fsp3) is 0. The molecule has 5 heteroatoms. The van der Waals surface area contributed by atoms with Crippen LogP contribution >= 0.6 is 0 Å². The third-order valence-corrected chi connectivity index (χ3v) is 16.6. The first-order valence-electron chi connectivity index (χ1n) is 19.4. The van der Waals surface area contributed by atoms with Crippen LogP contribution in [0.5, 0.6) is 0 Å². The van der Waals surface area contributed by atoms with E-state index in [2.05, 4.69) is 193 Å². The number of furan rings is 1. The molecule has 8 aromatic carbocycles. The Labute approximate surface area is 330 Å². The van der Waals surface area contributed by atoms with Gasteiger partial charge >= 0.3 is 0 Å². The van der Waals surface area contributed by atoms with Crippen LogP contribution in [0.15, 0.2) is 205 Å². The maximum absolute atomic E-state index is 6.39. The molecule has 0 bridgehead atoms. The molecule has 0 N–H and O–H groups in total. The van der Waals surface area contributed by atoms with E-state index >= 15 is 0 Å². The summed E-state index contributed by atoms with van der Waals surface area (Å²) in [6.07, 6.45) is 0. The van der Waals surface area contributed by atoms with Crippen molar-refractivity contribution >= 4 is 72.7 Å². The lowest BCUT2D eigenvalue weighted by molar-refractivity contribution is 0.669. The Morgan fingerprint density at radius 2 is 1.07 bits per heavy atom. The molecule has 0 amide bonds. The lowest BCUT2D eigenvalue weighted by Crippen LogP contribution is -2.73. The van der Waals surface area contributed by atoms with Crippen molar-refractivity contribution in [1.82, 2.24) is 14.5 Å². The zero-order valence-electron chi connectivity index (χ0n) is 30.8. The van der Waals surface area contributed by atoms with Gasteiger partial charge in [-0.05, 0) is 63.6 Å². The first-order chi connectivity index (χ1) is 28.3. The summed E-state index contributed by atoms with van der Waals surface area (Å²) in [4.78, 5) is 11.2. The maximum Gasteiger partial charge on any atom is 0.203 e. The molecule has 1 aliphatic rings. The van der Waals surface area contributed by atoms with E-state index in [1.54, 1.807) is 0 Å². The fourth-order valence-electron chi connectivity index (χ4n) is 9.43. The third-order valence-electron chi connectivity index (χ3n) is 11.9. The van der Waals surface area contributed by atoms with Crippen molar-refractivity contribution in [1.29, 1.82) is 0 Å². The van der Waals surface area contributed by atoms with Gasteiger partial charge in [0.25, 0.3) is 0 Å². The summed E-state index contributed by atoms with van der Waals surface area (Å²) in [5, 5.41) is 9.78. The average molecular weight is 744 g/mol. The molecule has 266 valence electrons. The predicted molar refractivity (Wildman–Crippen MR) is 237 cm³/mol. The van der Waals surface area contributed by atoms with E-state index in [1.807, 2.05) is 12.1 Å². The highest BCUT2D eigenvalue weighted by Crippen LogP contribution is 2.40. The summed E-state index contributed by atoms with van der Waals surface area (Å²) >= 11 is 0. The Hall–Kier alpha value is -7.34. The van der Waals surface area contributed by atoms with Crippen LogP contribution < -0.4 is 20.9 Å². The van der Waals surface area contributed by atoms with Crippen LogP contribution in [0, 0.1) is 0 Å². The Morgan fingerprint density at radius 3 is 1.82 bits per heavy atom. The molecule has 0 unspecified atom stereocenters. The maximum atomic E-state index is 6.39. The second kappa shape index (κ2) is 12.3. The molecule has 0 saturated heterocycles. The van der Waals surface area contributed by atoms with Crippen LogP contribution in [-0.4, -0.2) is 22.6 Å². The number of rotatable bonds is 5. The number of nitrogens with zero attached hydrogens (tertiary/aromatic N) is 3. The highest BCUT2D eigenvalue weighted by molar-refractivity contribution is 7.21. The minimum absolute atomic E-state index is 0.724. The average Bonchev–Trinajstić information content (AvgIpc) is 3.92. The van der Waals surface area contributed by atoms with E-state index in [-0.39, 0.29) is 0 Å². The summed E-state index contributed by atoms with van der Waals surface area (Å²) < 4.78 is 8.73. The monoisotopic (exact) mass is 743 g/mol. The number of fused-ring (bicyclic) bond motifs is 9. The van der Waals surface area contributed by atoms with Crippen LogP contribution in [-0.2, 0) is 0 Å². The van der Waals surface area contributed by atoms with Gasteiger partial charge in [-0.1, -0.05) is 152 Å². The zero-order valence-corrected chi connectivity index (χ0v) is 31.8. The van der Waals surface area contributed by atoms with Gasteiger partial charge in [0.2, 0.25) is 8.07 Å². The third kappa shape index (κ3) is 4.61. The van der Waals surface area contributed by atoms with E-state index in [4.69, 9.17) is 14.4 Å². The first-order valence-corrected chi connectivity index (χ1v) is 21.4. The van der Waals surface area contributed by atoms with E-state index < -0.39 is 8.07 Å². The van der Waals surface area contributed by atoms with Gasteiger partial charge in [-0.25, -0.2) is 9.97 Å². The molecule has 0 aliphatic carbocycles. The molecular formula is C52H33N3OSi. The molecule has 12 rings (SSSR count). The van der Waals surface area contributed by atoms with Gasteiger partial charge in [0.1, 0.15) is 11.2 Å². The number of hydrogen-bond donors (Lipinski definition) is 0. The molecule has 0 spiro atoms. The second-order valence-electron chi connectivity index (χ2n) is 14.9. The van der Waals surface area contributed by atoms with Crippen LogP contribution in [0.25, 0.3) is 83.2 Å². The minimum Gasteiger partial charge on any atom is -0.456 e. The van der Waals surface area contributed by atoms with Gasteiger partial charge in [0.15, 0.2) is 5.82 Å². The molecule has 4 nitrogen and oxygen atoms in total. The molecule has 11 aromatic rings. The lowest BCUT2D eigenvalue weighted by atomic mass is 10.0. The van der Waals surface area contributed by atoms with Gasteiger partial charge in [0.05, 0.1) is 22.0 Å². The van der Waals surface area contributed by atoms with Crippen LogP contribution in [0.1, 0.15) is 0 Å². The molecule has 1 aliphatic heterocycles. The SMILES string of the molecule is c1ccc(-c2nc(-c3ccc(-n4c5ccccc5c5cc6c(cc54)oc4ccccc46)cc3)nc3c2-c2ccccc2[Si]3(c2ccccc2)c2ccccc2)cc1. The molecule has 57 heavy (non-hydrogen) atoms. The van der Waals surface area contributed by atoms with Gasteiger partial charge < -0.3 is 8.98 Å². The summed E-state index contributed by atoms with van der Waals surface area (Å²) in [7, 11) is -2.87.